The highest BCUT2D eigenvalue weighted by Crippen LogP contribution is 2.29. The summed E-state index contributed by atoms with van der Waals surface area (Å²) in [5.41, 5.74) is 3.03. The second-order valence-corrected chi connectivity index (χ2v) is 9.21. The molecule has 3 aromatic rings. The second-order valence-electron chi connectivity index (χ2n) is 7.49. The van der Waals surface area contributed by atoms with E-state index in [0.29, 0.717) is 48.0 Å². The SMILES string of the molecule is COc1ccc(CS(=O)(=O)Nc2ccc3c(c2)CN(C(=O)c2ccco2)CC3)cc1OC. The molecule has 1 aliphatic heterocycles. The Bertz CT molecular complexity index is 1220. The molecule has 2 heterocycles. The summed E-state index contributed by atoms with van der Waals surface area (Å²) >= 11 is 0. The Labute approximate surface area is 186 Å². The van der Waals surface area contributed by atoms with E-state index >= 15 is 0 Å². The highest BCUT2D eigenvalue weighted by molar-refractivity contribution is 7.91. The average molecular weight is 457 g/mol. The van der Waals surface area contributed by atoms with Gasteiger partial charge in [-0.3, -0.25) is 9.52 Å². The fourth-order valence-electron chi connectivity index (χ4n) is 3.76. The van der Waals surface area contributed by atoms with Crippen molar-refractivity contribution in [2.75, 3.05) is 25.5 Å². The molecule has 0 saturated carbocycles. The summed E-state index contributed by atoms with van der Waals surface area (Å²) in [4.78, 5) is 14.3. The van der Waals surface area contributed by atoms with E-state index in [0.717, 1.165) is 11.1 Å². The molecule has 0 atom stereocenters. The van der Waals surface area contributed by atoms with Crippen LogP contribution >= 0.6 is 0 Å². The highest BCUT2D eigenvalue weighted by atomic mass is 32.2. The van der Waals surface area contributed by atoms with Gasteiger partial charge in [-0.2, -0.15) is 0 Å². The van der Waals surface area contributed by atoms with Gasteiger partial charge in [-0.15, -0.1) is 0 Å². The Morgan fingerprint density at radius 1 is 1.06 bits per heavy atom. The minimum atomic E-state index is -3.67. The van der Waals surface area contributed by atoms with Crippen LogP contribution in [0.25, 0.3) is 0 Å². The van der Waals surface area contributed by atoms with Crippen LogP contribution in [0.3, 0.4) is 0 Å². The molecule has 1 aromatic heterocycles. The number of carbonyl (C=O) groups is 1. The zero-order valence-corrected chi connectivity index (χ0v) is 18.6. The molecule has 0 radical (unpaired) electrons. The molecule has 32 heavy (non-hydrogen) atoms. The minimum Gasteiger partial charge on any atom is -0.493 e. The number of hydrogen-bond donors (Lipinski definition) is 1. The Morgan fingerprint density at radius 2 is 1.88 bits per heavy atom. The molecule has 2 aromatic carbocycles. The maximum absolute atomic E-state index is 12.8. The van der Waals surface area contributed by atoms with E-state index in [1.807, 2.05) is 6.07 Å². The summed E-state index contributed by atoms with van der Waals surface area (Å²) in [5, 5.41) is 0. The van der Waals surface area contributed by atoms with Crippen molar-refractivity contribution in [2.24, 2.45) is 0 Å². The van der Waals surface area contributed by atoms with E-state index < -0.39 is 10.0 Å². The van der Waals surface area contributed by atoms with Crippen LogP contribution in [-0.4, -0.2) is 40.0 Å². The first-order valence-corrected chi connectivity index (χ1v) is 11.7. The Balaban J connectivity index is 1.48. The van der Waals surface area contributed by atoms with Gasteiger partial charge in [-0.05, 0) is 59.5 Å². The van der Waals surface area contributed by atoms with Gasteiger partial charge in [0, 0.05) is 18.8 Å². The van der Waals surface area contributed by atoms with E-state index in [4.69, 9.17) is 13.9 Å². The van der Waals surface area contributed by atoms with Gasteiger partial charge >= 0.3 is 0 Å². The molecular weight excluding hydrogens is 432 g/mol. The lowest BCUT2D eigenvalue weighted by Gasteiger charge is -2.28. The Kier molecular flexibility index (Phi) is 6.09. The standard InChI is InChI=1S/C23H24N2O6S/c1-29-20-8-5-16(12-22(20)30-2)15-32(27,28)24-19-7-6-17-9-10-25(14-18(17)13-19)23(26)21-4-3-11-31-21/h3-8,11-13,24H,9-10,14-15H2,1-2H3. The van der Waals surface area contributed by atoms with E-state index in [1.165, 1.54) is 20.5 Å². The van der Waals surface area contributed by atoms with Gasteiger partial charge < -0.3 is 18.8 Å². The number of sulfonamides is 1. The van der Waals surface area contributed by atoms with Gasteiger partial charge in [0.25, 0.3) is 5.91 Å². The van der Waals surface area contributed by atoms with Crippen molar-refractivity contribution in [3.05, 3.63) is 77.2 Å². The number of amides is 1. The van der Waals surface area contributed by atoms with Crippen molar-refractivity contribution >= 4 is 21.6 Å². The van der Waals surface area contributed by atoms with Crippen molar-refractivity contribution < 1.29 is 27.1 Å². The van der Waals surface area contributed by atoms with Gasteiger partial charge in [0.2, 0.25) is 10.0 Å². The predicted octanol–water partition coefficient (Wildman–Crippen LogP) is 3.44. The summed E-state index contributed by atoms with van der Waals surface area (Å²) in [7, 11) is -0.642. The van der Waals surface area contributed by atoms with E-state index in [9.17, 15) is 13.2 Å². The molecule has 1 aliphatic rings. The molecule has 1 N–H and O–H groups in total. The number of fused-ring (bicyclic) bond motifs is 1. The monoisotopic (exact) mass is 456 g/mol. The quantitative estimate of drug-likeness (QED) is 0.585. The summed E-state index contributed by atoms with van der Waals surface area (Å²) in [5.74, 6) is 0.897. The largest absolute Gasteiger partial charge is 0.493 e. The molecular formula is C23H24N2O6S. The average Bonchev–Trinajstić information content (AvgIpc) is 3.32. The maximum Gasteiger partial charge on any atom is 0.289 e. The molecule has 0 unspecified atom stereocenters. The van der Waals surface area contributed by atoms with Gasteiger partial charge in [0.05, 0.1) is 26.2 Å². The topological polar surface area (TPSA) is 98.1 Å². The van der Waals surface area contributed by atoms with Crippen LogP contribution < -0.4 is 14.2 Å². The fraction of sp³-hybridized carbons (Fsp3) is 0.261. The van der Waals surface area contributed by atoms with Crippen LogP contribution in [0.5, 0.6) is 11.5 Å². The first-order chi connectivity index (χ1) is 15.4. The van der Waals surface area contributed by atoms with E-state index in [1.54, 1.807) is 47.4 Å². The molecule has 0 bridgehead atoms. The van der Waals surface area contributed by atoms with Crippen LogP contribution in [0.15, 0.2) is 59.2 Å². The number of rotatable bonds is 7. The molecule has 0 aliphatic carbocycles. The van der Waals surface area contributed by atoms with Gasteiger partial charge in [0.15, 0.2) is 17.3 Å². The lowest BCUT2D eigenvalue weighted by atomic mass is 9.99. The van der Waals surface area contributed by atoms with Gasteiger partial charge in [-0.25, -0.2) is 8.42 Å². The van der Waals surface area contributed by atoms with Crippen molar-refractivity contribution in [2.45, 2.75) is 18.7 Å². The van der Waals surface area contributed by atoms with Crippen molar-refractivity contribution in [3.63, 3.8) is 0 Å². The maximum atomic E-state index is 12.8. The first-order valence-electron chi connectivity index (χ1n) is 10.0. The molecule has 0 spiro atoms. The normalized spacial score (nSPS) is 13.4. The molecule has 1 amide bonds. The van der Waals surface area contributed by atoms with Crippen LogP contribution in [0, 0.1) is 0 Å². The summed E-state index contributed by atoms with van der Waals surface area (Å²) in [6, 6.07) is 13.7. The lowest BCUT2D eigenvalue weighted by molar-refractivity contribution is 0.0702. The second kappa shape index (κ2) is 8.96. The fourth-order valence-corrected chi connectivity index (χ4v) is 4.93. The van der Waals surface area contributed by atoms with Crippen molar-refractivity contribution in [3.8, 4) is 11.5 Å². The first kappa shape index (κ1) is 21.8. The summed E-state index contributed by atoms with van der Waals surface area (Å²) in [6.45, 7) is 0.969. The number of carbonyl (C=O) groups excluding carboxylic acids is 1. The zero-order chi connectivity index (χ0) is 22.7. The molecule has 0 saturated heterocycles. The number of ether oxygens (including phenoxy) is 2. The number of benzene rings is 2. The predicted molar refractivity (Wildman–Crippen MR) is 119 cm³/mol. The Hall–Kier alpha value is -3.46. The van der Waals surface area contributed by atoms with Crippen LogP contribution in [-0.2, 0) is 28.7 Å². The number of hydrogen-bond acceptors (Lipinski definition) is 6. The number of methoxy groups -OCH3 is 2. The molecule has 0 fully saturated rings. The third-order valence-corrected chi connectivity index (χ3v) is 6.58. The van der Waals surface area contributed by atoms with Crippen molar-refractivity contribution in [1.29, 1.82) is 0 Å². The summed E-state index contributed by atoms with van der Waals surface area (Å²) in [6.07, 6.45) is 2.16. The van der Waals surface area contributed by atoms with Crippen molar-refractivity contribution in [1.82, 2.24) is 4.90 Å². The minimum absolute atomic E-state index is 0.180. The third kappa shape index (κ3) is 4.72. The lowest BCUT2D eigenvalue weighted by Crippen LogP contribution is -2.35. The number of anilines is 1. The number of nitrogens with one attached hydrogen (secondary N) is 1. The van der Waals surface area contributed by atoms with Gasteiger partial charge in [0.1, 0.15) is 0 Å². The van der Waals surface area contributed by atoms with Crippen LogP contribution in [0.1, 0.15) is 27.2 Å². The molecule has 4 rings (SSSR count). The highest BCUT2D eigenvalue weighted by Gasteiger charge is 2.24. The van der Waals surface area contributed by atoms with E-state index in [-0.39, 0.29) is 11.7 Å². The van der Waals surface area contributed by atoms with E-state index in [2.05, 4.69) is 4.72 Å². The van der Waals surface area contributed by atoms with Crippen LogP contribution in [0.4, 0.5) is 5.69 Å². The number of nitrogens with zero attached hydrogens (tertiary/aromatic N) is 1. The van der Waals surface area contributed by atoms with Gasteiger partial charge in [-0.1, -0.05) is 12.1 Å². The molecule has 8 nitrogen and oxygen atoms in total. The number of furan rings is 1. The smallest absolute Gasteiger partial charge is 0.289 e. The molecule has 168 valence electrons. The Morgan fingerprint density at radius 3 is 2.59 bits per heavy atom. The summed E-state index contributed by atoms with van der Waals surface area (Å²) < 4.78 is 43.8. The zero-order valence-electron chi connectivity index (χ0n) is 17.8. The third-order valence-electron chi connectivity index (χ3n) is 5.32. The molecule has 9 heteroatoms. The van der Waals surface area contributed by atoms with Crippen LogP contribution in [0.2, 0.25) is 0 Å².